The van der Waals surface area contributed by atoms with E-state index in [9.17, 15) is 4.79 Å². The molecule has 1 amide bonds. The molecule has 1 fully saturated rings. The van der Waals surface area contributed by atoms with Crippen molar-refractivity contribution in [1.29, 1.82) is 0 Å². The minimum atomic E-state index is 0.0739. The highest BCUT2D eigenvalue weighted by molar-refractivity contribution is 5.76. The fraction of sp³-hybridized carbons (Fsp3) is 0.588. The Kier molecular flexibility index (Phi) is 6.68. The van der Waals surface area contributed by atoms with Gasteiger partial charge < -0.3 is 19.7 Å². The molecule has 0 atom stereocenters. The van der Waals surface area contributed by atoms with Gasteiger partial charge in [-0.3, -0.25) is 4.79 Å². The summed E-state index contributed by atoms with van der Waals surface area (Å²) in [5, 5.41) is 2.96. The van der Waals surface area contributed by atoms with Crippen LogP contribution in [0.5, 0.6) is 5.75 Å². The zero-order valence-electron chi connectivity index (χ0n) is 13.5. The number of ether oxygens (including phenoxy) is 2. The van der Waals surface area contributed by atoms with Gasteiger partial charge in [0, 0.05) is 44.3 Å². The quantitative estimate of drug-likeness (QED) is 0.835. The Labute approximate surface area is 132 Å². The minimum absolute atomic E-state index is 0.0739. The third-order valence-corrected chi connectivity index (χ3v) is 4.17. The molecule has 1 saturated heterocycles. The monoisotopic (exact) mass is 306 g/mol. The third-order valence-electron chi connectivity index (χ3n) is 4.17. The topological polar surface area (TPSA) is 50.8 Å². The molecule has 0 saturated carbocycles. The van der Waals surface area contributed by atoms with Crippen LogP contribution >= 0.6 is 0 Å². The molecule has 1 aromatic carbocycles. The number of nitrogens with zero attached hydrogens (tertiary/aromatic N) is 1. The maximum atomic E-state index is 12.0. The van der Waals surface area contributed by atoms with E-state index in [-0.39, 0.29) is 5.91 Å². The lowest BCUT2D eigenvalue weighted by molar-refractivity contribution is -0.121. The number of hydrogen-bond donors (Lipinski definition) is 1. The van der Waals surface area contributed by atoms with Crippen molar-refractivity contribution in [1.82, 2.24) is 10.2 Å². The number of methoxy groups -OCH3 is 1. The van der Waals surface area contributed by atoms with E-state index in [1.807, 2.05) is 24.3 Å². The number of carbonyl (C=O) groups is 1. The number of amides is 1. The Hall–Kier alpha value is -1.59. The molecular weight excluding hydrogens is 280 g/mol. The highest BCUT2D eigenvalue weighted by Gasteiger charge is 2.18. The highest BCUT2D eigenvalue weighted by atomic mass is 16.5. The summed E-state index contributed by atoms with van der Waals surface area (Å²) in [6.45, 7) is 2.94. The van der Waals surface area contributed by atoms with Gasteiger partial charge in [-0.05, 0) is 26.0 Å². The zero-order valence-corrected chi connectivity index (χ0v) is 13.5. The Bertz CT molecular complexity index is 473. The number of rotatable bonds is 7. The van der Waals surface area contributed by atoms with Crippen LogP contribution in [-0.2, 0) is 16.1 Å². The van der Waals surface area contributed by atoms with E-state index < -0.39 is 0 Å². The van der Waals surface area contributed by atoms with Crippen molar-refractivity contribution in [3.63, 3.8) is 0 Å². The maximum Gasteiger partial charge on any atom is 0.221 e. The first-order chi connectivity index (χ1) is 10.7. The van der Waals surface area contributed by atoms with Crippen LogP contribution in [0.25, 0.3) is 0 Å². The molecule has 22 heavy (non-hydrogen) atoms. The van der Waals surface area contributed by atoms with E-state index in [2.05, 4.69) is 17.3 Å². The molecule has 1 N–H and O–H groups in total. The second-order valence-electron chi connectivity index (χ2n) is 5.66. The van der Waals surface area contributed by atoms with Gasteiger partial charge in [0.1, 0.15) is 5.75 Å². The van der Waals surface area contributed by atoms with E-state index in [0.717, 1.165) is 43.9 Å². The van der Waals surface area contributed by atoms with Gasteiger partial charge in [-0.1, -0.05) is 18.2 Å². The molecule has 0 bridgehead atoms. The van der Waals surface area contributed by atoms with Crippen LogP contribution in [0, 0.1) is 0 Å². The highest BCUT2D eigenvalue weighted by Crippen LogP contribution is 2.17. The summed E-state index contributed by atoms with van der Waals surface area (Å²) in [6.07, 6.45) is 2.63. The van der Waals surface area contributed by atoms with Crippen molar-refractivity contribution in [3.05, 3.63) is 29.8 Å². The molecule has 0 spiro atoms. The van der Waals surface area contributed by atoms with Crippen LogP contribution in [0.2, 0.25) is 0 Å². The van der Waals surface area contributed by atoms with Crippen LogP contribution in [-0.4, -0.2) is 50.8 Å². The number of para-hydroxylation sites is 1. The smallest absolute Gasteiger partial charge is 0.221 e. The summed E-state index contributed by atoms with van der Waals surface area (Å²) in [4.78, 5) is 14.3. The lowest BCUT2D eigenvalue weighted by atomic mass is 10.1. The molecule has 1 aliphatic heterocycles. The lowest BCUT2D eigenvalue weighted by Gasteiger charge is -2.30. The lowest BCUT2D eigenvalue weighted by Crippen LogP contribution is -2.38. The molecule has 5 nitrogen and oxygen atoms in total. The molecule has 0 aliphatic carbocycles. The first-order valence-corrected chi connectivity index (χ1v) is 7.87. The van der Waals surface area contributed by atoms with Crippen LogP contribution < -0.4 is 10.1 Å². The first-order valence-electron chi connectivity index (χ1n) is 7.87. The molecule has 0 radical (unpaired) electrons. The SMILES string of the molecule is COc1ccccc1CNC(=O)CCN(C)C1CCOCC1. The molecule has 122 valence electrons. The van der Waals surface area contributed by atoms with E-state index in [4.69, 9.17) is 9.47 Å². The Balaban J connectivity index is 1.71. The van der Waals surface area contributed by atoms with Gasteiger partial charge in [0.25, 0.3) is 0 Å². The normalized spacial score (nSPS) is 15.8. The van der Waals surface area contributed by atoms with Gasteiger partial charge in [-0.2, -0.15) is 0 Å². The first kappa shape index (κ1) is 16.8. The van der Waals surface area contributed by atoms with Crippen molar-refractivity contribution < 1.29 is 14.3 Å². The zero-order chi connectivity index (χ0) is 15.8. The number of benzene rings is 1. The van der Waals surface area contributed by atoms with Crippen molar-refractivity contribution in [2.45, 2.75) is 31.8 Å². The predicted molar refractivity (Wildman–Crippen MR) is 85.9 cm³/mol. The summed E-state index contributed by atoms with van der Waals surface area (Å²) in [7, 11) is 3.73. The van der Waals surface area contributed by atoms with Gasteiger partial charge in [0.2, 0.25) is 5.91 Å². The van der Waals surface area contributed by atoms with E-state index in [1.54, 1.807) is 7.11 Å². The van der Waals surface area contributed by atoms with Gasteiger partial charge >= 0.3 is 0 Å². The molecule has 1 heterocycles. The average molecular weight is 306 g/mol. The Morgan fingerprint density at radius 1 is 1.36 bits per heavy atom. The Morgan fingerprint density at radius 2 is 2.09 bits per heavy atom. The second kappa shape index (κ2) is 8.76. The van der Waals surface area contributed by atoms with Gasteiger partial charge in [0.15, 0.2) is 0 Å². The predicted octanol–water partition coefficient (Wildman–Crippen LogP) is 1.81. The Morgan fingerprint density at radius 3 is 2.82 bits per heavy atom. The molecule has 5 heteroatoms. The summed E-state index contributed by atoms with van der Waals surface area (Å²) < 4.78 is 10.7. The third kappa shape index (κ3) is 5.00. The second-order valence-corrected chi connectivity index (χ2v) is 5.66. The van der Waals surface area contributed by atoms with E-state index >= 15 is 0 Å². The number of nitrogens with one attached hydrogen (secondary N) is 1. The van der Waals surface area contributed by atoms with E-state index in [1.165, 1.54) is 0 Å². The molecule has 0 aromatic heterocycles. The van der Waals surface area contributed by atoms with Crippen LogP contribution in [0.3, 0.4) is 0 Å². The van der Waals surface area contributed by atoms with Gasteiger partial charge in [-0.15, -0.1) is 0 Å². The van der Waals surface area contributed by atoms with Crippen LogP contribution in [0.15, 0.2) is 24.3 Å². The maximum absolute atomic E-state index is 12.0. The minimum Gasteiger partial charge on any atom is -0.496 e. The summed E-state index contributed by atoms with van der Waals surface area (Å²) >= 11 is 0. The van der Waals surface area contributed by atoms with Crippen molar-refractivity contribution in [3.8, 4) is 5.75 Å². The van der Waals surface area contributed by atoms with Crippen LogP contribution in [0.4, 0.5) is 0 Å². The van der Waals surface area contributed by atoms with E-state index in [0.29, 0.717) is 19.0 Å². The average Bonchev–Trinajstić information content (AvgIpc) is 2.58. The van der Waals surface area contributed by atoms with Crippen molar-refractivity contribution in [2.24, 2.45) is 0 Å². The molecule has 1 aromatic rings. The van der Waals surface area contributed by atoms with Crippen molar-refractivity contribution >= 4 is 5.91 Å². The number of hydrogen-bond acceptors (Lipinski definition) is 4. The molecule has 2 rings (SSSR count). The summed E-state index contributed by atoms with van der Waals surface area (Å²) in [6, 6.07) is 8.28. The fourth-order valence-electron chi connectivity index (χ4n) is 2.72. The molecular formula is C17H26N2O3. The molecule has 0 unspecified atom stereocenters. The van der Waals surface area contributed by atoms with Crippen molar-refractivity contribution in [2.75, 3.05) is 33.9 Å². The van der Waals surface area contributed by atoms with Gasteiger partial charge in [0.05, 0.1) is 7.11 Å². The summed E-state index contributed by atoms with van der Waals surface area (Å²) in [5.74, 6) is 0.881. The largest absolute Gasteiger partial charge is 0.496 e. The fourth-order valence-corrected chi connectivity index (χ4v) is 2.72. The van der Waals surface area contributed by atoms with Crippen LogP contribution in [0.1, 0.15) is 24.8 Å². The summed E-state index contributed by atoms with van der Waals surface area (Å²) in [5.41, 5.74) is 0.996. The van der Waals surface area contributed by atoms with Gasteiger partial charge in [-0.25, -0.2) is 0 Å². The standard InChI is InChI=1S/C17H26N2O3/c1-19(15-8-11-22-12-9-15)10-7-17(20)18-13-14-5-3-4-6-16(14)21-2/h3-6,15H,7-13H2,1-2H3,(H,18,20). The molecule has 1 aliphatic rings. The number of carbonyl (C=O) groups excluding carboxylic acids is 1.